The predicted octanol–water partition coefficient (Wildman–Crippen LogP) is 0.165. The first-order valence-corrected chi connectivity index (χ1v) is 12.5. The van der Waals surface area contributed by atoms with Crippen LogP contribution in [0.1, 0.15) is 18.7 Å². The third-order valence-corrected chi connectivity index (χ3v) is 8.49. The zero-order valence-electron chi connectivity index (χ0n) is 18.0. The van der Waals surface area contributed by atoms with Crippen LogP contribution >= 0.6 is 23.5 Å². The number of carbonyl (C=O) groups is 4. The lowest BCUT2D eigenvalue weighted by Gasteiger charge is -2.56. The molecule has 0 radical (unpaired) electrons. The lowest BCUT2D eigenvalue weighted by Crippen LogP contribution is -2.74. The highest BCUT2D eigenvalue weighted by molar-refractivity contribution is 8.00. The number of aromatic nitrogens is 2. The van der Waals surface area contributed by atoms with E-state index in [1.165, 1.54) is 21.6 Å². The van der Waals surface area contributed by atoms with E-state index in [0.717, 1.165) is 17.5 Å². The van der Waals surface area contributed by atoms with Crippen LogP contribution in [0.3, 0.4) is 0 Å². The molecule has 4 N–H and O–H groups in total. The van der Waals surface area contributed by atoms with E-state index in [1.807, 2.05) is 18.2 Å². The average molecular weight is 510 g/mol. The van der Waals surface area contributed by atoms with Crippen LogP contribution in [-0.4, -0.2) is 90.0 Å². The van der Waals surface area contributed by atoms with Crippen molar-refractivity contribution in [3.05, 3.63) is 29.8 Å². The number of nitrogens with zero attached hydrogens (tertiary/aromatic N) is 4. The summed E-state index contributed by atoms with van der Waals surface area (Å²) in [5.41, 5.74) is 5.07. The molecule has 3 heterocycles. The molecule has 3 aliphatic rings. The third kappa shape index (κ3) is 4.57. The molecule has 0 spiro atoms. The zero-order valence-corrected chi connectivity index (χ0v) is 19.6. The molecule has 2 fully saturated rings. The molecule has 1 aromatic heterocycles. The molecule has 3 atom stereocenters. The standard InChI is InChI=1S/C20H23N5O7S2/c21-7-13(26)25(11-4-2-1-3-5-11)15-16(29)24-8-20(18(30)31,9-33-17(15)24)10-34-19-23-22-12(32-19)6-14(27)28/h1-2,5,15,17H,3-4,6-10,21H2,(H,27,28)(H,30,31)/t15?,17-,20?/m1/s1. The van der Waals surface area contributed by atoms with Crippen LogP contribution in [0.5, 0.6) is 0 Å². The number of hydrogen-bond acceptors (Lipinski definition) is 10. The number of hydrogen-bond donors (Lipinski definition) is 3. The summed E-state index contributed by atoms with van der Waals surface area (Å²) < 4.78 is 5.26. The molecule has 2 unspecified atom stereocenters. The van der Waals surface area contributed by atoms with E-state index in [1.54, 1.807) is 0 Å². The number of rotatable bonds is 9. The van der Waals surface area contributed by atoms with E-state index in [0.29, 0.717) is 12.8 Å². The molecule has 12 nitrogen and oxygen atoms in total. The molecule has 1 aliphatic carbocycles. The molecule has 0 saturated carbocycles. The Morgan fingerprint density at radius 1 is 1.32 bits per heavy atom. The van der Waals surface area contributed by atoms with Crippen LogP contribution in [0, 0.1) is 5.41 Å². The minimum absolute atomic E-state index is 0.0257. The van der Waals surface area contributed by atoms with E-state index in [-0.39, 0.29) is 52.9 Å². The summed E-state index contributed by atoms with van der Waals surface area (Å²) in [6.45, 7) is -0.256. The Bertz CT molecular complexity index is 1070. The molecule has 2 aliphatic heterocycles. The Morgan fingerprint density at radius 2 is 2.12 bits per heavy atom. The highest BCUT2D eigenvalue weighted by atomic mass is 32.2. The third-order valence-electron chi connectivity index (χ3n) is 5.81. The van der Waals surface area contributed by atoms with Gasteiger partial charge in [0.15, 0.2) is 0 Å². The highest BCUT2D eigenvalue weighted by Crippen LogP contribution is 2.46. The Morgan fingerprint density at radius 3 is 2.76 bits per heavy atom. The molecule has 34 heavy (non-hydrogen) atoms. The van der Waals surface area contributed by atoms with Gasteiger partial charge in [-0.15, -0.1) is 22.0 Å². The smallest absolute Gasteiger partial charge is 0.313 e. The Balaban J connectivity index is 1.46. The van der Waals surface area contributed by atoms with Gasteiger partial charge in [-0.05, 0) is 6.42 Å². The van der Waals surface area contributed by atoms with Crippen molar-refractivity contribution in [2.24, 2.45) is 11.1 Å². The maximum atomic E-state index is 13.1. The first kappa shape index (κ1) is 24.3. The summed E-state index contributed by atoms with van der Waals surface area (Å²) in [5.74, 6) is -2.67. The Kier molecular flexibility index (Phi) is 7.00. The van der Waals surface area contributed by atoms with Crippen LogP contribution in [-0.2, 0) is 25.6 Å². The van der Waals surface area contributed by atoms with Gasteiger partial charge in [-0.1, -0.05) is 30.0 Å². The van der Waals surface area contributed by atoms with Crippen LogP contribution in [0.25, 0.3) is 0 Å². The minimum atomic E-state index is -1.27. The molecule has 1 aromatic rings. The Hall–Kier alpha value is -2.84. The molecule has 0 aromatic carbocycles. The number of amides is 2. The van der Waals surface area contributed by atoms with Crippen LogP contribution < -0.4 is 5.73 Å². The van der Waals surface area contributed by atoms with Gasteiger partial charge in [-0.2, -0.15) is 0 Å². The molecule has 2 amide bonds. The van der Waals surface area contributed by atoms with Crippen LogP contribution in [0.4, 0.5) is 0 Å². The fourth-order valence-electron chi connectivity index (χ4n) is 4.06. The number of β-lactam (4-membered cyclic amide) rings is 1. The lowest BCUT2D eigenvalue weighted by molar-refractivity contribution is -0.163. The zero-order chi connectivity index (χ0) is 24.5. The lowest BCUT2D eigenvalue weighted by atomic mass is 9.88. The molecule has 14 heteroatoms. The normalized spacial score (nSPS) is 25.9. The van der Waals surface area contributed by atoms with Crippen molar-refractivity contribution in [2.75, 3.05) is 24.6 Å². The summed E-state index contributed by atoms with van der Waals surface area (Å²) in [6, 6.07) is -0.715. The molecule has 2 saturated heterocycles. The van der Waals surface area contributed by atoms with Crippen molar-refractivity contribution < 1.29 is 33.8 Å². The largest absolute Gasteiger partial charge is 0.481 e. The van der Waals surface area contributed by atoms with Crippen molar-refractivity contribution in [1.82, 2.24) is 20.0 Å². The number of thioether (sulfide) groups is 2. The van der Waals surface area contributed by atoms with Crippen molar-refractivity contribution in [2.45, 2.75) is 35.9 Å². The second kappa shape index (κ2) is 9.80. The van der Waals surface area contributed by atoms with Gasteiger partial charge < -0.3 is 25.3 Å². The number of fused-ring (bicyclic) bond motifs is 1. The molecular formula is C20H23N5O7S2. The van der Waals surface area contributed by atoms with E-state index in [4.69, 9.17) is 15.3 Å². The van der Waals surface area contributed by atoms with Gasteiger partial charge >= 0.3 is 11.9 Å². The molecular weight excluding hydrogens is 486 g/mol. The predicted molar refractivity (Wildman–Crippen MR) is 121 cm³/mol. The first-order valence-electron chi connectivity index (χ1n) is 10.4. The number of allylic oxidation sites excluding steroid dienone is 3. The van der Waals surface area contributed by atoms with Gasteiger partial charge in [0, 0.05) is 30.2 Å². The fourth-order valence-corrected chi connectivity index (χ4v) is 6.75. The van der Waals surface area contributed by atoms with Crippen LogP contribution in [0.2, 0.25) is 0 Å². The number of carboxylic acid groups (broad SMARTS) is 2. The average Bonchev–Trinajstić information content (AvgIpc) is 3.27. The van der Waals surface area contributed by atoms with Gasteiger partial charge in [0.1, 0.15) is 23.3 Å². The number of nitrogens with two attached hydrogens (primary N) is 1. The van der Waals surface area contributed by atoms with Gasteiger partial charge in [0.05, 0.1) is 6.54 Å². The summed E-state index contributed by atoms with van der Waals surface area (Å²) >= 11 is 2.32. The highest BCUT2D eigenvalue weighted by Gasteiger charge is 2.59. The topological polar surface area (TPSA) is 180 Å². The Labute approximate surface area is 202 Å². The summed E-state index contributed by atoms with van der Waals surface area (Å²) in [6.07, 6.45) is 6.58. The van der Waals surface area contributed by atoms with Gasteiger partial charge in [-0.3, -0.25) is 24.1 Å². The first-order chi connectivity index (χ1) is 16.3. The number of aliphatic carboxylic acids is 2. The fraction of sp³-hybridized carbons (Fsp3) is 0.500. The van der Waals surface area contributed by atoms with Crippen molar-refractivity contribution in [1.29, 1.82) is 0 Å². The summed E-state index contributed by atoms with van der Waals surface area (Å²) in [7, 11) is 0. The SMILES string of the molecule is NCC(=O)N(C1=CCC=CC1)C1C(=O)N2CC(CSc3nnc(CC(=O)O)o3)(C(=O)O)CS[C@H]12. The minimum Gasteiger partial charge on any atom is -0.481 e. The van der Waals surface area contributed by atoms with Gasteiger partial charge in [0.25, 0.3) is 5.22 Å². The second-order valence-electron chi connectivity index (χ2n) is 8.09. The molecule has 0 bridgehead atoms. The van der Waals surface area contributed by atoms with Crippen molar-refractivity contribution in [3.8, 4) is 0 Å². The van der Waals surface area contributed by atoms with Crippen molar-refractivity contribution >= 4 is 47.3 Å². The monoisotopic (exact) mass is 509 g/mol. The maximum absolute atomic E-state index is 13.1. The second-order valence-corrected chi connectivity index (χ2v) is 10.1. The van der Waals surface area contributed by atoms with E-state index in [2.05, 4.69) is 10.2 Å². The quantitative estimate of drug-likeness (QED) is 0.233. The summed E-state index contributed by atoms with van der Waals surface area (Å²) in [5, 5.41) is 25.9. The number of carboxylic acids is 2. The van der Waals surface area contributed by atoms with E-state index < -0.39 is 29.8 Å². The van der Waals surface area contributed by atoms with Crippen LogP contribution in [0.15, 0.2) is 33.6 Å². The summed E-state index contributed by atoms with van der Waals surface area (Å²) in [4.78, 5) is 51.7. The van der Waals surface area contributed by atoms with Gasteiger partial charge in [0.2, 0.25) is 17.7 Å². The van der Waals surface area contributed by atoms with E-state index >= 15 is 0 Å². The van der Waals surface area contributed by atoms with Crippen molar-refractivity contribution in [3.63, 3.8) is 0 Å². The number of carbonyl (C=O) groups excluding carboxylic acids is 2. The van der Waals surface area contributed by atoms with E-state index in [9.17, 15) is 24.3 Å². The van der Waals surface area contributed by atoms with Gasteiger partial charge in [-0.25, -0.2) is 0 Å². The maximum Gasteiger partial charge on any atom is 0.313 e. The molecule has 4 rings (SSSR count). The molecule has 182 valence electrons.